The summed E-state index contributed by atoms with van der Waals surface area (Å²) in [4.78, 5) is 40.5. The van der Waals surface area contributed by atoms with Gasteiger partial charge in [0, 0.05) is 25.1 Å². The second-order valence-corrected chi connectivity index (χ2v) is 7.92. The monoisotopic (exact) mass is 426 g/mol. The van der Waals surface area contributed by atoms with Crippen LogP contribution in [0.5, 0.6) is 5.75 Å². The van der Waals surface area contributed by atoms with E-state index in [-0.39, 0.29) is 24.3 Å². The van der Waals surface area contributed by atoms with Crippen molar-refractivity contribution in [1.29, 1.82) is 0 Å². The number of hydrogen-bond acceptors (Lipinski definition) is 6. The lowest BCUT2D eigenvalue weighted by Crippen LogP contribution is -2.57. The number of aromatic hydroxyl groups is 1. The number of hydrogen-bond donors (Lipinski definition) is 2. The Morgan fingerprint density at radius 2 is 1.84 bits per heavy atom. The maximum atomic E-state index is 14.7. The largest absolute Gasteiger partial charge is 0.508 e. The number of nitrogens with zero attached hydrogens (tertiary/aromatic N) is 1. The maximum Gasteiger partial charge on any atom is 0.327 e. The molecule has 8 heteroatoms. The standard InChI is InChI=1S/C23H23FN2O5/c1-3-31-22(30)23(12-13-8-10-14(27)11-9-13)18-17(20(28)26(2)21(18)29)19(25-23)15-6-4-5-7-16(15)24/h4-11,17-19,25,27H,3,12H2,1-2H3/t17-,18-,19-,23-/m0/s1. The molecular formula is C23H23FN2O5. The van der Waals surface area contributed by atoms with Gasteiger partial charge in [0.05, 0.1) is 18.4 Å². The summed E-state index contributed by atoms with van der Waals surface area (Å²) in [6.45, 7) is 1.73. The van der Waals surface area contributed by atoms with Crippen LogP contribution in [0.1, 0.15) is 24.1 Å². The molecule has 2 aliphatic heterocycles. The number of imide groups is 1. The zero-order chi connectivity index (χ0) is 22.3. The smallest absolute Gasteiger partial charge is 0.327 e. The van der Waals surface area contributed by atoms with Gasteiger partial charge < -0.3 is 9.84 Å². The number of carbonyl (C=O) groups is 3. The number of fused-ring (bicyclic) bond motifs is 1. The van der Waals surface area contributed by atoms with E-state index in [4.69, 9.17) is 4.74 Å². The third-order valence-electron chi connectivity index (χ3n) is 6.17. The molecule has 0 aromatic heterocycles. The fourth-order valence-electron chi connectivity index (χ4n) is 4.76. The highest BCUT2D eigenvalue weighted by Crippen LogP contribution is 2.50. The van der Waals surface area contributed by atoms with Crippen LogP contribution in [0.25, 0.3) is 0 Å². The molecule has 0 aliphatic carbocycles. The summed E-state index contributed by atoms with van der Waals surface area (Å²) in [5, 5.41) is 12.8. The van der Waals surface area contributed by atoms with Gasteiger partial charge in [-0.3, -0.25) is 24.6 Å². The third kappa shape index (κ3) is 3.27. The van der Waals surface area contributed by atoms with Crippen molar-refractivity contribution < 1.29 is 28.6 Å². The molecule has 0 unspecified atom stereocenters. The summed E-state index contributed by atoms with van der Waals surface area (Å²) < 4.78 is 20.0. The molecule has 2 N–H and O–H groups in total. The molecule has 2 aliphatic rings. The van der Waals surface area contributed by atoms with Crippen LogP contribution in [-0.4, -0.2) is 47.0 Å². The van der Waals surface area contributed by atoms with Crippen molar-refractivity contribution in [2.75, 3.05) is 13.7 Å². The van der Waals surface area contributed by atoms with Gasteiger partial charge in [-0.25, -0.2) is 4.39 Å². The van der Waals surface area contributed by atoms with E-state index in [0.29, 0.717) is 5.56 Å². The maximum absolute atomic E-state index is 14.7. The summed E-state index contributed by atoms with van der Waals surface area (Å²) in [6.07, 6.45) is 0.0328. The molecule has 2 heterocycles. The summed E-state index contributed by atoms with van der Waals surface area (Å²) in [7, 11) is 1.37. The Balaban J connectivity index is 1.87. The van der Waals surface area contributed by atoms with Crippen LogP contribution in [0.15, 0.2) is 48.5 Å². The van der Waals surface area contributed by atoms with Gasteiger partial charge in [0.2, 0.25) is 11.8 Å². The molecule has 31 heavy (non-hydrogen) atoms. The molecule has 2 saturated heterocycles. The van der Waals surface area contributed by atoms with Gasteiger partial charge in [0.15, 0.2) is 0 Å². The average molecular weight is 426 g/mol. The molecule has 162 valence electrons. The minimum absolute atomic E-state index is 0.0328. The van der Waals surface area contributed by atoms with Crippen molar-refractivity contribution in [3.8, 4) is 5.75 Å². The second kappa shape index (κ2) is 7.77. The minimum Gasteiger partial charge on any atom is -0.508 e. The molecule has 2 fully saturated rings. The number of benzene rings is 2. The topological polar surface area (TPSA) is 95.9 Å². The lowest BCUT2D eigenvalue weighted by atomic mass is 9.76. The Labute approximate surface area is 178 Å². The predicted molar refractivity (Wildman–Crippen MR) is 108 cm³/mol. The molecule has 0 bridgehead atoms. The number of ether oxygens (including phenoxy) is 1. The van der Waals surface area contributed by atoms with Crippen LogP contribution in [0, 0.1) is 17.7 Å². The van der Waals surface area contributed by atoms with Crippen molar-refractivity contribution >= 4 is 17.8 Å². The number of nitrogens with one attached hydrogen (secondary N) is 1. The van der Waals surface area contributed by atoms with Gasteiger partial charge in [-0.1, -0.05) is 30.3 Å². The van der Waals surface area contributed by atoms with E-state index >= 15 is 0 Å². The Morgan fingerprint density at radius 1 is 1.16 bits per heavy atom. The van der Waals surface area contributed by atoms with Crippen LogP contribution in [0.3, 0.4) is 0 Å². The normalized spacial score (nSPS) is 27.5. The van der Waals surface area contributed by atoms with Gasteiger partial charge in [0.25, 0.3) is 0 Å². The molecule has 0 radical (unpaired) electrons. The molecule has 2 aromatic rings. The van der Waals surface area contributed by atoms with E-state index in [2.05, 4.69) is 5.32 Å². The molecule has 4 rings (SSSR count). The first-order valence-corrected chi connectivity index (χ1v) is 10.1. The van der Waals surface area contributed by atoms with Crippen LogP contribution in [-0.2, 0) is 25.5 Å². The highest BCUT2D eigenvalue weighted by molar-refractivity contribution is 6.09. The lowest BCUT2D eigenvalue weighted by Gasteiger charge is -2.32. The molecule has 7 nitrogen and oxygen atoms in total. The fraction of sp³-hybridized carbons (Fsp3) is 0.348. The molecular weight excluding hydrogens is 403 g/mol. The number of amides is 2. The summed E-state index contributed by atoms with van der Waals surface area (Å²) >= 11 is 0. The van der Waals surface area contributed by atoms with Crippen LogP contribution >= 0.6 is 0 Å². The minimum atomic E-state index is -1.57. The van der Waals surface area contributed by atoms with E-state index in [0.717, 1.165) is 4.90 Å². The lowest BCUT2D eigenvalue weighted by molar-refractivity contribution is -0.156. The summed E-state index contributed by atoms with van der Waals surface area (Å²) in [5.74, 6) is -4.12. The number of esters is 1. The van der Waals surface area contributed by atoms with Gasteiger partial charge in [-0.05, 0) is 30.7 Å². The number of halogens is 1. The highest BCUT2D eigenvalue weighted by atomic mass is 19.1. The van der Waals surface area contributed by atoms with Crippen LogP contribution in [0.2, 0.25) is 0 Å². The Morgan fingerprint density at radius 3 is 2.48 bits per heavy atom. The Hall–Kier alpha value is -3.26. The predicted octanol–water partition coefficient (Wildman–Crippen LogP) is 1.95. The zero-order valence-corrected chi connectivity index (χ0v) is 17.2. The van der Waals surface area contributed by atoms with Crippen molar-refractivity contribution in [3.05, 3.63) is 65.5 Å². The number of rotatable bonds is 5. The van der Waals surface area contributed by atoms with Crippen molar-refractivity contribution in [1.82, 2.24) is 10.2 Å². The van der Waals surface area contributed by atoms with Crippen molar-refractivity contribution in [3.63, 3.8) is 0 Å². The molecule has 2 aromatic carbocycles. The van der Waals surface area contributed by atoms with Crippen LogP contribution < -0.4 is 5.32 Å². The summed E-state index contributed by atoms with van der Waals surface area (Å²) in [5.41, 5.74) is -0.700. The first kappa shape index (κ1) is 21.0. The van der Waals surface area contributed by atoms with Crippen molar-refractivity contribution in [2.45, 2.75) is 24.9 Å². The zero-order valence-electron chi connectivity index (χ0n) is 17.2. The molecule has 0 spiro atoms. The number of likely N-dealkylation sites (tertiary alicyclic amines) is 1. The molecule has 4 atom stereocenters. The quantitative estimate of drug-likeness (QED) is 0.561. The van der Waals surface area contributed by atoms with Gasteiger partial charge in [0.1, 0.15) is 17.1 Å². The van der Waals surface area contributed by atoms with E-state index in [1.54, 1.807) is 31.2 Å². The Bertz CT molecular complexity index is 1040. The van der Waals surface area contributed by atoms with Crippen molar-refractivity contribution in [2.24, 2.45) is 11.8 Å². The molecule has 0 saturated carbocycles. The number of phenolic OH excluding ortho intramolecular Hbond substituents is 1. The van der Waals surface area contributed by atoms with E-state index in [9.17, 15) is 23.9 Å². The van der Waals surface area contributed by atoms with Gasteiger partial charge in [-0.2, -0.15) is 0 Å². The number of phenols is 1. The Kier molecular flexibility index (Phi) is 5.26. The van der Waals surface area contributed by atoms with E-state index < -0.39 is 47.0 Å². The van der Waals surface area contributed by atoms with E-state index in [1.165, 1.54) is 31.3 Å². The first-order valence-electron chi connectivity index (χ1n) is 10.1. The summed E-state index contributed by atoms with van der Waals surface area (Å²) in [6, 6.07) is 11.3. The fourth-order valence-corrected chi connectivity index (χ4v) is 4.76. The third-order valence-corrected chi connectivity index (χ3v) is 6.17. The number of carbonyl (C=O) groups excluding carboxylic acids is 3. The first-order chi connectivity index (χ1) is 14.8. The van der Waals surface area contributed by atoms with Gasteiger partial charge >= 0.3 is 5.97 Å². The SMILES string of the molecule is CCOC(=O)[C@@]1(Cc2ccc(O)cc2)N[C@@H](c2ccccc2F)[C@H]2C(=O)N(C)C(=O)[C@H]21. The van der Waals surface area contributed by atoms with Crippen LogP contribution in [0.4, 0.5) is 4.39 Å². The average Bonchev–Trinajstić information content (AvgIpc) is 3.20. The van der Waals surface area contributed by atoms with E-state index in [1.807, 2.05) is 0 Å². The molecule has 2 amide bonds. The van der Waals surface area contributed by atoms with Gasteiger partial charge in [-0.15, -0.1) is 0 Å². The highest BCUT2D eigenvalue weighted by Gasteiger charge is 2.68. The second-order valence-electron chi connectivity index (χ2n) is 7.92.